The van der Waals surface area contributed by atoms with Gasteiger partial charge in [0.2, 0.25) is 10.9 Å². The van der Waals surface area contributed by atoms with E-state index in [0.29, 0.717) is 11.7 Å². The molecule has 0 atom stereocenters. The van der Waals surface area contributed by atoms with Crippen molar-refractivity contribution < 1.29 is 8.42 Å². The highest BCUT2D eigenvalue weighted by Gasteiger charge is 2.55. The Morgan fingerprint density at radius 3 is 2.80 bits per heavy atom. The number of thiol groups is 1. The summed E-state index contributed by atoms with van der Waals surface area (Å²) in [5.74, 6) is 0.895. The predicted octanol–water partition coefficient (Wildman–Crippen LogP) is 1.01. The number of halogens is 1. The largest absolute Gasteiger partial charge is 0.354 e. The van der Waals surface area contributed by atoms with Crippen LogP contribution in [-0.2, 0) is 10.9 Å². The van der Waals surface area contributed by atoms with Crippen LogP contribution in [0.3, 0.4) is 0 Å². The third-order valence-corrected chi connectivity index (χ3v) is 6.30. The summed E-state index contributed by atoms with van der Waals surface area (Å²) in [5, 5.41) is 4.79. The summed E-state index contributed by atoms with van der Waals surface area (Å²) in [5.41, 5.74) is 5.11. The van der Waals surface area contributed by atoms with Gasteiger partial charge in [0.25, 0.3) is 0 Å². The van der Waals surface area contributed by atoms with Gasteiger partial charge in [-0.3, -0.25) is 0 Å². The van der Waals surface area contributed by atoms with Crippen LogP contribution < -0.4 is 10.3 Å². The number of nitrogens with zero attached hydrogens (tertiary/aromatic N) is 5. The van der Waals surface area contributed by atoms with Crippen LogP contribution >= 0.6 is 11.6 Å². The molecule has 1 aliphatic carbocycles. The first-order chi connectivity index (χ1) is 11.9. The van der Waals surface area contributed by atoms with E-state index in [1.165, 1.54) is 10.7 Å². The number of hydrazine groups is 1. The smallest absolute Gasteiger partial charge is 0.216 e. The van der Waals surface area contributed by atoms with Crippen LogP contribution in [0.15, 0.2) is 12.4 Å². The van der Waals surface area contributed by atoms with E-state index in [1.54, 1.807) is 4.52 Å². The average molecular weight is 385 g/mol. The van der Waals surface area contributed by atoms with E-state index >= 15 is 0 Å². The molecule has 25 heavy (non-hydrogen) atoms. The van der Waals surface area contributed by atoms with Crippen molar-refractivity contribution in [2.75, 3.05) is 24.5 Å². The summed E-state index contributed by atoms with van der Waals surface area (Å²) < 4.78 is 25.8. The van der Waals surface area contributed by atoms with Crippen LogP contribution in [0.1, 0.15) is 25.3 Å². The lowest BCUT2D eigenvalue weighted by Gasteiger charge is -2.60. The summed E-state index contributed by atoms with van der Waals surface area (Å²) >= 11 is 6.21. The van der Waals surface area contributed by atoms with Gasteiger partial charge in [-0.05, 0) is 31.4 Å². The molecule has 2 aromatic rings. The maximum absolute atomic E-state index is 11.4. The number of hydrogen-bond acceptors (Lipinski definition) is 6. The molecule has 10 heteroatoms. The lowest BCUT2D eigenvalue weighted by atomic mass is 9.61. The molecule has 3 heterocycles. The van der Waals surface area contributed by atoms with Gasteiger partial charge in [-0.1, -0.05) is 18.5 Å². The lowest BCUT2D eigenvalue weighted by Crippen LogP contribution is -2.68. The van der Waals surface area contributed by atoms with Crippen molar-refractivity contribution in [3.05, 3.63) is 23.1 Å². The van der Waals surface area contributed by atoms with Crippen molar-refractivity contribution in [2.45, 2.75) is 32.7 Å². The molecular weight excluding hydrogens is 364 g/mol. The number of hydrogen-bond donors (Lipinski definition) is 2. The maximum atomic E-state index is 11.4. The van der Waals surface area contributed by atoms with Crippen LogP contribution in [0.25, 0.3) is 5.52 Å². The number of fused-ring (bicyclic) bond motifs is 1. The topological polar surface area (TPSA) is 82.8 Å². The molecule has 1 N–H and O–H groups in total. The highest BCUT2D eigenvalue weighted by atomic mass is 35.5. The van der Waals surface area contributed by atoms with Gasteiger partial charge in [0.05, 0.1) is 0 Å². The normalized spacial score (nSPS) is 19.8. The van der Waals surface area contributed by atoms with Gasteiger partial charge in [-0.15, -0.1) is 4.41 Å². The standard InChI is InChI=1S/C15H21ClN6O2S/c1-3-18-22(25(23)24)11-5-15(6-11)7-20(8-15)14-13-10(2)4-12(16)21(13)19-9-17-14/h4,9,11,18,25H,3,5-8H2,1-2H3. The fourth-order valence-corrected chi connectivity index (χ4v) is 5.14. The van der Waals surface area contributed by atoms with Gasteiger partial charge in [-0.2, -0.15) is 5.10 Å². The molecule has 2 aromatic heterocycles. The molecule has 0 radical (unpaired) electrons. The first kappa shape index (κ1) is 17.0. The van der Waals surface area contributed by atoms with Crippen molar-refractivity contribution >= 4 is 33.8 Å². The SMILES string of the molecule is CCNN(C1CC2(C1)CN(c1ncnn3c(Cl)cc(C)c13)C2)[SH](=O)=O. The first-order valence-corrected chi connectivity index (χ1v) is 9.86. The number of nitrogens with one attached hydrogen (secondary N) is 1. The van der Waals surface area contributed by atoms with Gasteiger partial charge < -0.3 is 4.90 Å². The van der Waals surface area contributed by atoms with Crippen LogP contribution in [0.5, 0.6) is 0 Å². The molecule has 0 amide bonds. The second kappa shape index (κ2) is 6.08. The zero-order valence-corrected chi connectivity index (χ0v) is 15.8. The lowest BCUT2D eigenvalue weighted by molar-refractivity contribution is -0.0000854. The van der Waals surface area contributed by atoms with Gasteiger partial charge >= 0.3 is 0 Å². The highest BCUT2D eigenvalue weighted by Crippen LogP contribution is 2.51. The molecule has 4 rings (SSSR count). The minimum absolute atomic E-state index is 0.0538. The number of anilines is 1. The van der Waals surface area contributed by atoms with Crippen LogP contribution in [0.4, 0.5) is 5.82 Å². The molecule has 1 saturated heterocycles. The minimum atomic E-state index is -2.60. The second-order valence-corrected chi connectivity index (χ2v) is 8.30. The molecule has 2 fully saturated rings. The third kappa shape index (κ3) is 2.69. The fraction of sp³-hybridized carbons (Fsp3) is 0.600. The minimum Gasteiger partial charge on any atom is -0.354 e. The molecule has 2 aliphatic rings. The second-order valence-electron chi connectivity index (χ2n) is 7.01. The third-order valence-electron chi connectivity index (χ3n) is 5.21. The van der Waals surface area contributed by atoms with Crippen molar-refractivity contribution in [2.24, 2.45) is 5.41 Å². The van der Waals surface area contributed by atoms with Gasteiger partial charge in [0, 0.05) is 31.1 Å². The Morgan fingerprint density at radius 1 is 1.44 bits per heavy atom. The molecular formula is C15H21ClN6O2S. The Hall–Kier alpha value is -1.42. The Kier molecular flexibility index (Phi) is 4.14. The molecule has 1 aliphatic heterocycles. The van der Waals surface area contributed by atoms with Gasteiger partial charge in [-0.25, -0.2) is 23.3 Å². The molecule has 1 spiro atoms. The van der Waals surface area contributed by atoms with Crippen LogP contribution in [0, 0.1) is 12.3 Å². The molecule has 8 nitrogen and oxygen atoms in total. The Labute approximate surface area is 152 Å². The predicted molar refractivity (Wildman–Crippen MR) is 96.2 cm³/mol. The van der Waals surface area contributed by atoms with E-state index < -0.39 is 10.9 Å². The zero-order valence-electron chi connectivity index (χ0n) is 14.1. The summed E-state index contributed by atoms with van der Waals surface area (Å²) in [6, 6.07) is 1.95. The monoisotopic (exact) mass is 384 g/mol. The summed E-state index contributed by atoms with van der Waals surface area (Å²) in [4.78, 5) is 6.68. The van der Waals surface area contributed by atoms with Gasteiger partial charge in [0.1, 0.15) is 17.0 Å². The molecule has 0 aromatic carbocycles. The van der Waals surface area contributed by atoms with Crippen LogP contribution in [0.2, 0.25) is 5.15 Å². The van der Waals surface area contributed by atoms with E-state index in [1.807, 2.05) is 19.9 Å². The van der Waals surface area contributed by atoms with Crippen molar-refractivity contribution in [3.8, 4) is 0 Å². The van der Waals surface area contributed by atoms with E-state index in [-0.39, 0.29) is 11.5 Å². The average Bonchev–Trinajstić information content (AvgIpc) is 2.78. The highest BCUT2D eigenvalue weighted by molar-refractivity contribution is 7.69. The van der Waals surface area contributed by atoms with E-state index in [4.69, 9.17) is 11.6 Å². The van der Waals surface area contributed by atoms with E-state index in [2.05, 4.69) is 20.4 Å². The Bertz CT molecular complexity index is 876. The van der Waals surface area contributed by atoms with Crippen LogP contribution in [-0.4, -0.2) is 53.1 Å². The number of aromatic nitrogens is 3. The molecule has 0 bridgehead atoms. The van der Waals surface area contributed by atoms with E-state index in [0.717, 1.165) is 42.8 Å². The molecule has 0 unspecified atom stereocenters. The number of aryl methyl sites for hydroxylation is 1. The Morgan fingerprint density at radius 2 is 2.16 bits per heavy atom. The summed E-state index contributed by atoms with van der Waals surface area (Å²) in [7, 11) is -2.60. The maximum Gasteiger partial charge on any atom is 0.216 e. The zero-order chi connectivity index (χ0) is 17.8. The van der Waals surface area contributed by atoms with Gasteiger partial charge in [0.15, 0.2) is 5.82 Å². The van der Waals surface area contributed by atoms with Crippen molar-refractivity contribution in [1.29, 1.82) is 0 Å². The van der Waals surface area contributed by atoms with Crippen molar-refractivity contribution in [1.82, 2.24) is 24.4 Å². The molecule has 136 valence electrons. The van der Waals surface area contributed by atoms with E-state index in [9.17, 15) is 8.42 Å². The number of rotatable bonds is 5. The quantitative estimate of drug-likeness (QED) is 0.591. The first-order valence-electron chi connectivity index (χ1n) is 8.35. The Balaban J connectivity index is 1.47. The summed E-state index contributed by atoms with van der Waals surface area (Å²) in [6.45, 7) is 6.27. The molecule has 1 saturated carbocycles. The van der Waals surface area contributed by atoms with Crippen molar-refractivity contribution in [3.63, 3.8) is 0 Å². The summed E-state index contributed by atoms with van der Waals surface area (Å²) in [6.07, 6.45) is 3.28. The fourth-order valence-electron chi connectivity index (χ4n) is 4.16.